The molecule has 0 aliphatic carbocycles. The summed E-state index contributed by atoms with van der Waals surface area (Å²) in [6.07, 6.45) is 3.49. The van der Waals surface area contributed by atoms with Crippen molar-refractivity contribution in [2.75, 3.05) is 13.6 Å². The Morgan fingerprint density at radius 2 is 2.27 bits per heavy atom. The van der Waals surface area contributed by atoms with Crippen molar-refractivity contribution < 1.29 is 14.0 Å². The lowest BCUT2D eigenvalue weighted by Crippen LogP contribution is -2.42. The number of nitrogens with one attached hydrogen (secondary N) is 1. The Balaban J connectivity index is 1.85. The van der Waals surface area contributed by atoms with E-state index in [2.05, 4.69) is 10.4 Å². The molecule has 1 atom stereocenters. The summed E-state index contributed by atoms with van der Waals surface area (Å²) in [5.41, 5.74) is 1.73. The Hall–Kier alpha value is -2.57. The number of hydrogen-bond donors (Lipinski definition) is 1. The van der Waals surface area contributed by atoms with Crippen molar-refractivity contribution in [3.8, 4) is 0 Å². The summed E-state index contributed by atoms with van der Waals surface area (Å²) in [6, 6.07) is 3.47. The van der Waals surface area contributed by atoms with Crippen LogP contribution in [0.15, 0.2) is 29.0 Å². The maximum absolute atomic E-state index is 12.6. The van der Waals surface area contributed by atoms with Gasteiger partial charge in [0.15, 0.2) is 5.76 Å². The number of nitrogens with zero attached hydrogens (tertiary/aromatic N) is 3. The molecular formula is C15H18N4O3. The zero-order valence-corrected chi connectivity index (χ0v) is 12.6. The van der Waals surface area contributed by atoms with Crippen molar-refractivity contribution in [3.05, 3.63) is 41.6 Å². The van der Waals surface area contributed by atoms with E-state index >= 15 is 0 Å². The van der Waals surface area contributed by atoms with Gasteiger partial charge in [-0.1, -0.05) is 0 Å². The van der Waals surface area contributed by atoms with E-state index in [-0.39, 0.29) is 24.3 Å². The molecule has 1 aliphatic heterocycles. The van der Waals surface area contributed by atoms with Gasteiger partial charge in [0.1, 0.15) is 0 Å². The minimum absolute atomic E-state index is 0.0741. The third kappa shape index (κ3) is 2.49. The largest absolute Gasteiger partial charge is 0.459 e. The van der Waals surface area contributed by atoms with Crippen LogP contribution in [0.1, 0.15) is 34.3 Å². The minimum atomic E-state index is -0.169. The van der Waals surface area contributed by atoms with Crippen molar-refractivity contribution in [2.45, 2.75) is 25.9 Å². The molecule has 0 fully saturated rings. The molecule has 0 aromatic carbocycles. The first-order valence-electron chi connectivity index (χ1n) is 7.16. The number of aromatic nitrogens is 2. The molecule has 1 N–H and O–H groups in total. The standard InChI is InChI=1S/C15H18N4O3/c1-10-4-6-22-14(10)15(21)18-8-11-3-5-17-19(11)12(9-18)7-13(20)16-2/h3-6,12H,7-9H2,1-2H3,(H,16,20)/t12-/m0/s1. The first-order chi connectivity index (χ1) is 10.6. The smallest absolute Gasteiger partial charge is 0.290 e. The summed E-state index contributed by atoms with van der Waals surface area (Å²) >= 11 is 0. The molecule has 1 aliphatic rings. The van der Waals surface area contributed by atoms with E-state index in [0.717, 1.165) is 11.3 Å². The highest BCUT2D eigenvalue weighted by Gasteiger charge is 2.31. The van der Waals surface area contributed by atoms with Gasteiger partial charge in [0.05, 0.1) is 31.0 Å². The molecule has 2 amide bonds. The number of rotatable bonds is 3. The molecular weight excluding hydrogens is 284 g/mol. The van der Waals surface area contributed by atoms with Gasteiger partial charge < -0.3 is 14.6 Å². The topological polar surface area (TPSA) is 80.4 Å². The zero-order valence-electron chi connectivity index (χ0n) is 12.6. The van der Waals surface area contributed by atoms with E-state index in [1.807, 2.05) is 17.7 Å². The van der Waals surface area contributed by atoms with E-state index in [1.165, 1.54) is 6.26 Å². The van der Waals surface area contributed by atoms with Crippen LogP contribution in [-0.2, 0) is 11.3 Å². The average molecular weight is 302 g/mol. The Morgan fingerprint density at radius 1 is 1.45 bits per heavy atom. The Kier molecular flexibility index (Phi) is 3.70. The van der Waals surface area contributed by atoms with E-state index < -0.39 is 0 Å². The number of carbonyl (C=O) groups excluding carboxylic acids is 2. The van der Waals surface area contributed by atoms with Crippen LogP contribution in [0.25, 0.3) is 0 Å². The first kappa shape index (κ1) is 14.4. The highest BCUT2D eigenvalue weighted by Crippen LogP contribution is 2.25. The van der Waals surface area contributed by atoms with Crippen LogP contribution in [0, 0.1) is 6.92 Å². The number of fused-ring (bicyclic) bond motifs is 1. The molecule has 116 valence electrons. The van der Waals surface area contributed by atoms with Gasteiger partial charge >= 0.3 is 0 Å². The van der Waals surface area contributed by atoms with Crippen molar-refractivity contribution in [3.63, 3.8) is 0 Å². The van der Waals surface area contributed by atoms with Gasteiger partial charge in [0.25, 0.3) is 5.91 Å². The van der Waals surface area contributed by atoms with Crippen LogP contribution < -0.4 is 5.32 Å². The molecule has 3 heterocycles. The number of hydrogen-bond acceptors (Lipinski definition) is 4. The van der Waals surface area contributed by atoms with E-state index in [1.54, 1.807) is 24.2 Å². The molecule has 0 spiro atoms. The van der Waals surface area contributed by atoms with Crippen LogP contribution in [0.2, 0.25) is 0 Å². The fourth-order valence-corrected chi connectivity index (χ4v) is 2.74. The zero-order chi connectivity index (χ0) is 15.7. The second kappa shape index (κ2) is 5.67. The van der Waals surface area contributed by atoms with Crippen LogP contribution in [-0.4, -0.2) is 40.1 Å². The maximum Gasteiger partial charge on any atom is 0.290 e. The Labute approximate surface area is 127 Å². The lowest BCUT2D eigenvalue weighted by molar-refractivity contribution is -0.121. The SMILES string of the molecule is CNC(=O)C[C@H]1CN(C(=O)c2occc2C)Cc2ccnn21. The third-order valence-corrected chi connectivity index (χ3v) is 3.93. The molecule has 2 aromatic rings. The minimum Gasteiger partial charge on any atom is -0.459 e. The molecule has 0 saturated carbocycles. The summed E-state index contributed by atoms with van der Waals surface area (Å²) in [4.78, 5) is 26.0. The summed E-state index contributed by atoms with van der Waals surface area (Å²) in [7, 11) is 1.60. The van der Waals surface area contributed by atoms with Crippen molar-refractivity contribution in [1.29, 1.82) is 0 Å². The molecule has 7 nitrogen and oxygen atoms in total. The van der Waals surface area contributed by atoms with Gasteiger partial charge in [-0.3, -0.25) is 14.3 Å². The highest BCUT2D eigenvalue weighted by atomic mass is 16.3. The van der Waals surface area contributed by atoms with Gasteiger partial charge in [0.2, 0.25) is 5.91 Å². The Morgan fingerprint density at radius 3 is 2.95 bits per heavy atom. The predicted molar refractivity (Wildman–Crippen MR) is 78.1 cm³/mol. The van der Waals surface area contributed by atoms with Crippen molar-refractivity contribution >= 4 is 11.8 Å². The van der Waals surface area contributed by atoms with Gasteiger partial charge in [-0.15, -0.1) is 0 Å². The Bertz CT molecular complexity index is 703. The third-order valence-electron chi connectivity index (χ3n) is 3.93. The maximum atomic E-state index is 12.6. The molecule has 0 saturated heterocycles. The number of carbonyl (C=O) groups is 2. The number of amides is 2. The molecule has 22 heavy (non-hydrogen) atoms. The molecule has 2 aromatic heterocycles. The lowest BCUT2D eigenvalue weighted by Gasteiger charge is -2.33. The van der Waals surface area contributed by atoms with Crippen LogP contribution in [0.3, 0.4) is 0 Å². The van der Waals surface area contributed by atoms with Gasteiger partial charge in [0, 0.05) is 25.4 Å². The predicted octanol–water partition coefficient (Wildman–Crippen LogP) is 1.12. The summed E-state index contributed by atoms with van der Waals surface area (Å²) in [5, 5.41) is 6.89. The van der Waals surface area contributed by atoms with E-state index in [0.29, 0.717) is 18.8 Å². The van der Waals surface area contributed by atoms with Crippen LogP contribution in [0.4, 0.5) is 0 Å². The van der Waals surface area contributed by atoms with Crippen LogP contribution >= 0.6 is 0 Å². The summed E-state index contributed by atoms with van der Waals surface area (Å²) < 4.78 is 7.12. The fourth-order valence-electron chi connectivity index (χ4n) is 2.74. The van der Waals surface area contributed by atoms with E-state index in [4.69, 9.17) is 4.42 Å². The molecule has 3 rings (SSSR count). The normalized spacial score (nSPS) is 17.2. The number of furan rings is 1. The highest BCUT2D eigenvalue weighted by molar-refractivity contribution is 5.93. The van der Waals surface area contributed by atoms with Crippen LogP contribution in [0.5, 0.6) is 0 Å². The van der Waals surface area contributed by atoms with Gasteiger partial charge in [-0.05, 0) is 19.1 Å². The second-order valence-corrected chi connectivity index (χ2v) is 5.42. The monoisotopic (exact) mass is 302 g/mol. The molecule has 7 heteroatoms. The van der Waals surface area contributed by atoms with Gasteiger partial charge in [-0.25, -0.2) is 0 Å². The fraction of sp³-hybridized carbons (Fsp3) is 0.400. The van der Waals surface area contributed by atoms with Crippen molar-refractivity contribution in [2.24, 2.45) is 0 Å². The second-order valence-electron chi connectivity index (χ2n) is 5.42. The quantitative estimate of drug-likeness (QED) is 0.921. The first-order valence-corrected chi connectivity index (χ1v) is 7.16. The lowest BCUT2D eigenvalue weighted by atomic mass is 10.1. The van der Waals surface area contributed by atoms with Gasteiger partial charge in [-0.2, -0.15) is 5.10 Å². The molecule has 0 unspecified atom stereocenters. The average Bonchev–Trinajstić information content (AvgIpc) is 3.14. The summed E-state index contributed by atoms with van der Waals surface area (Å²) in [5.74, 6) is 0.124. The number of aryl methyl sites for hydroxylation is 1. The molecule has 0 bridgehead atoms. The van der Waals surface area contributed by atoms with E-state index in [9.17, 15) is 9.59 Å². The summed E-state index contributed by atoms with van der Waals surface area (Å²) in [6.45, 7) is 2.73. The molecule has 0 radical (unpaired) electrons. The van der Waals surface area contributed by atoms with Crippen molar-refractivity contribution in [1.82, 2.24) is 20.0 Å².